The molecule has 0 spiro atoms. The van der Waals surface area contributed by atoms with Gasteiger partial charge in [-0.2, -0.15) is 0 Å². The molecule has 0 aromatic heterocycles. The molecule has 1 aliphatic carbocycles. The molecule has 381 valence electrons. The SMILES string of the molecule is C1CCOC1.CC(C)(c1ccccc1)c1cc(SC2CCCCCC2Sc2cc(C(C)(C)c3ccccc3)cc(C(C)(C)c3ccccc3)c2O)c(O)c(C(C)(C)c2ccccc2)c1.C[Si](C)[N-][Si](C)C.[Sc]. The molecule has 4 nitrogen and oxygen atoms in total. The Kier molecular flexibility index (Phi) is 22.4. The topological polar surface area (TPSA) is 63.8 Å². The van der Waals surface area contributed by atoms with Gasteiger partial charge in [-0.15, -0.1) is 23.5 Å². The molecule has 2 fully saturated rings. The minimum Gasteiger partial charge on any atom is -0.673 e. The van der Waals surface area contributed by atoms with Crippen molar-refractivity contribution in [1.29, 1.82) is 0 Å². The van der Waals surface area contributed by atoms with E-state index in [2.05, 4.69) is 232 Å². The summed E-state index contributed by atoms with van der Waals surface area (Å²) in [5, 5.41) is 25.4. The predicted molar refractivity (Wildman–Crippen MR) is 311 cm³/mol. The monoisotopic (exact) mass is 1070 g/mol. The first kappa shape index (κ1) is 59.7. The van der Waals surface area contributed by atoms with Gasteiger partial charge in [0.25, 0.3) is 0 Å². The molecule has 72 heavy (non-hydrogen) atoms. The summed E-state index contributed by atoms with van der Waals surface area (Å²) < 4.78 is 9.43. The molecule has 0 amide bonds. The zero-order chi connectivity index (χ0) is 51.4. The van der Waals surface area contributed by atoms with Gasteiger partial charge in [0, 0.05) is 82.3 Å². The van der Waals surface area contributed by atoms with Crippen molar-refractivity contribution in [2.75, 3.05) is 13.2 Å². The Morgan fingerprint density at radius 3 is 1.00 bits per heavy atom. The normalized spacial score (nSPS) is 16.5. The molecule has 2 atom stereocenters. The summed E-state index contributed by atoms with van der Waals surface area (Å²) in [6.45, 7) is 29.0. The Hall–Kier alpha value is -3.16. The van der Waals surface area contributed by atoms with Crippen molar-refractivity contribution >= 4 is 41.4 Å². The van der Waals surface area contributed by atoms with Crippen molar-refractivity contribution in [3.8, 4) is 11.5 Å². The van der Waals surface area contributed by atoms with Crippen molar-refractivity contribution < 1.29 is 40.8 Å². The second-order valence-corrected chi connectivity index (χ2v) is 29.2. The molecular weight excluding hydrogens is 984 g/mol. The Bertz CT molecular complexity index is 2390. The van der Waals surface area contributed by atoms with Gasteiger partial charge in [0.05, 0.1) is 9.79 Å². The first-order valence-corrected chi connectivity index (χ1v) is 32.6. The maximum absolute atomic E-state index is 12.5. The summed E-state index contributed by atoms with van der Waals surface area (Å²) in [7, 11) is -0.528. The molecule has 2 unspecified atom stereocenters. The van der Waals surface area contributed by atoms with Crippen LogP contribution >= 0.6 is 23.5 Å². The second-order valence-electron chi connectivity index (χ2n) is 22.0. The van der Waals surface area contributed by atoms with E-state index in [9.17, 15) is 10.2 Å². The molecule has 8 rings (SSSR count). The van der Waals surface area contributed by atoms with E-state index in [1.54, 1.807) is 0 Å². The average molecular weight is 1070 g/mol. The summed E-state index contributed by atoms with van der Waals surface area (Å²) in [6, 6.07) is 51.7. The van der Waals surface area contributed by atoms with E-state index >= 15 is 0 Å². The number of benzene rings is 6. The fourth-order valence-corrected chi connectivity index (χ4v) is 16.5. The Morgan fingerprint density at radius 2 is 0.736 bits per heavy atom. The van der Waals surface area contributed by atoms with Crippen LogP contribution in [0.25, 0.3) is 4.65 Å². The average Bonchev–Trinajstić information content (AvgIpc) is 3.88. The Morgan fingerprint density at radius 1 is 0.431 bits per heavy atom. The van der Waals surface area contributed by atoms with E-state index in [-0.39, 0.29) is 65.1 Å². The molecule has 2 N–H and O–H groups in total. The maximum atomic E-state index is 12.5. The second kappa shape index (κ2) is 27.1. The van der Waals surface area contributed by atoms with Gasteiger partial charge in [-0.3, -0.25) is 0 Å². The molecule has 1 saturated heterocycles. The molecular formula is C63H82NO3S2ScSi2-. The van der Waals surface area contributed by atoms with Crippen LogP contribution in [0, 0.1) is 0 Å². The molecule has 3 radical (unpaired) electrons. The van der Waals surface area contributed by atoms with Gasteiger partial charge < -0.3 is 19.6 Å². The maximum Gasteiger partial charge on any atom is 0.133 e. The van der Waals surface area contributed by atoms with E-state index in [0.717, 1.165) is 59.8 Å². The number of phenolic OH excluding ortho intramolecular Hbond substituents is 2. The Balaban J connectivity index is 0.000000654. The van der Waals surface area contributed by atoms with Gasteiger partial charge in [-0.05, 0) is 71.2 Å². The third kappa shape index (κ3) is 15.3. The van der Waals surface area contributed by atoms with Crippen molar-refractivity contribution in [2.45, 2.75) is 168 Å². The number of hydrogen-bond donors (Lipinski definition) is 2. The predicted octanol–water partition coefficient (Wildman–Crippen LogP) is 17.6. The van der Waals surface area contributed by atoms with Crippen LogP contribution in [0.4, 0.5) is 0 Å². The first-order chi connectivity index (χ1) is 33.7. The van der Waals surface area contributed by atoms with Crippen LogP contribution in [0.1, 0.15) is 145 Å². The number of ether oxygens (including phenoxy) is 1. The van der Waals surface area contributed by atoms with Gasteiger partial charge >= 0.3 is 0 Å². The van der Waals surface area contributed by atoms with Crippen molar-refractivity contribution in [3.05, 3.63) is 195 Å². The summed E-state index contributed by atoms with van der Waals surface area (Å²) in [6.07, 6.45) is 8.12. The fourth-order valence-electron chi connectivity index (χ4n) is 9.93. The largest absolute Gasteiger partial charge is 0.673 e. The van der Waals surface area contributed by atoms with E-state index in [0.29, 0.717) is 11.5 Å². The van der Waals surface area contributed by atoms with E-state index in [1.807, 2.05) is 23.5 Å². The number of nitrogens with zero attached hydrogens (tertiary/aromatic N) is 1. The summed E-state index contributed by atoms with van der Waals surface area (Å²) in [5.41, 5.74) is 7.70. The minimum atomic E-state index is -0.430. The van der Waals surface area contributed by atoms with Gasteiger partial charge in [-0.1, -0.05) is 252 Å². The molecule has 2 aliphatic rings. The quantitative estimate of drug-likeness (QED) is 0.0841. The van der Waals surface area contributed by atoms with Crippen LogP contribution in [0.2, 0.25) is 26.2 Å². The van der Waals surface area contributed by atoms with Gasteiger partial charge in [-0.25, -0.2) is 0 Å². The number of phenols is 2. The third-order valence-electron chi connectivity index (χ3n) is 14.6. The van der Waals surface area contributed by atoms with Gasteiger partial charge in [0.2, 0.25) is 0 Å². The van der Waals surface area contributed by atoms with Crippen LogP contribution in [-0.2, 0) is 52.2 Å². The van der Waals surface area contributed by atoms with E-state index in [1.165, 1.54) is 52.6 Å². The van der Waals surface area contributed by atoms with Crippen molar-refractivity contribution in [1.82, 2.24) is 0 Å². The first-order valence-electron chi connectivity index (χ1n) is 26.0. The van der Waals surface area contributed by atoms with Crippen LogP contribution < -0.4 is 0 Å². The zero-order valence-corrected chi connectivity index (χ0v) is 51.0. The number of aromatic hydroxyl groups is 2. The molecule has 9 heteroatoms. The fraction of sp³-hybridized carbons (Fsp3) is 0.429. The zero-order valence-electron chi connectivity index (χ0n) is 45.5. The molecule has 1 saturated carbocycles. The third-order valence-corrected chi connectivity index (χ3v) is 21.3. The molecule has 1 heterocycles. The molecule has 1 aliphatic heterocycles. The number of hydrogen-bond acceptors (Lipinski definition) is 5. The van der Waals surface area contributed by atoms with Crippen LogP contribution in [0.5, 0.6) is 11.5 Å². The van der Waals surface area contributed by atoms with Crippen LogP contribution in [0.3, 0.4) is 0 Å². The summed E-state index contributed by atoms with van der Waals surface area (Å²) in [5.74, 6) is 0.761. The molecule has 6 aromatic carbocycles. The number of thioether (sulfide) groups is 2. The van der Waals surface area contributed by atoms with Crippen molar-refractivity contribution in [2.24, 2.45) is 0 Å². The number of rotatable bonds is 14. The van der Waals surface area contributed by atoms with Crippen molar-refractivity contribution in [3.63, 3.8) is 0 Å². The van der Waals surface area contributed by atoms with E-state index in [4.69, 9.17) is 4.74 Å². The van der Waals surface area contributed by atoms with E-state index < -0.39 is 10.8 Å². The Labute approximate surface area is 466 Å². The van der Waals surface area contributed by atoms with Gasteiger partial charge in [0.15, 0.2) is 0 Å². The standard InChI is InChI=1S/C55H62O2S2.C4H12NSi2.C4H8O.Sc/c1-52(2,38-24-14-9-15-25-38)42-34-44(54(5,6)40-28-18-11-19-29-40)50(56)48(36-42)58-46-32-22-13-23-33-47(46)59-49-37-43(53(3,4)39-26-16-10-17-27-39)35-45(51(49)57)55(7,8)41-30-20-12-21-31-41;1-6(2)5-7(3)4;1-2-4-5-3-1;/h9-12,14-21,24-31,34-37,46-47,56-57H,13,22-23,32-33H2,1-8H3;1-4H3;1-4H2;/q;-1;;. The summed E-state index contributed by atoms with van der Waals surface area (Å²) >= 11 is 3.70. The van der Waals surface area contributed by atoms with Gasteiger partial charge in [0.1, 0.15) is 11.5 Å². The summed E-state index contributed by atoms with van der Waals surface area (Å²) in [4.78, 5) is 1.88. The molecule has 0 bridgehead atoms. The minimum absolute atomic E-state index is 0. The molecule has 6 aromatic rings. The smallest absolute Gasteiger partial charge is 0.133 e. The van der Waals surface area contributed by atoms with Crippen LogP contribution in [-0.4, -0.2) is 51.8 Å². The van der Waals surface area contributed by atoms with Crippen LogP contribution in [0.15, 0.2) is 155 Å².